The summed E-state index contributed by atoms with van der Waals surface area (Å²) in [7, 11) is 0. The smallest absolute Gasteiger partial charge is 0.258 e. The highest BCUT2D eigenvalue weighted by Gasteiger charge is 2.05. The standard InChI is InChI=1S/C17H12ClN3O2S/c18-14-5-3-13(4-6-14)16-9-10-17(20-19-16)24-11-12-1-7-15(8-2-12)21(22)23/h1-10H,11H2. The number of non-ortho nitro benzene ring substituents is 1. The average Bonchev–Trinajstić information content (AvgIpc) is 2.61. The second-order valence-electron chi connectivity index (χ2n) is 4.98. The van der Waals surface area contributed by atoms with E-state index in [0.29, 0.717) is 10.8 Å². The van der Waals surface area contributed by atoms with Crippen LogP contribution in [0.3, 0.4) is 0 Å². The van der Waals surface area contributed by atoms with Gasteiger partial charge in [0.2, 0.25) is 0 Å². The molecule has 0 saturated heterocycles. The number of nitro benzene ring substituents is 1. The fourth-order valence-corrected chi connectivity index (χ4v) is 2.94. The molecule has 0 atom stereocenters. The van der Waals surface area contributed by atoms with E-state index in [1.165, 1.54) is 23.9 Å². The van der Waals surface area contributed by atoms with Crippen LogP contribution in [0.2, 0.25) is 5.02 Å². The predicted octanol–water partition coefficient (Wildman–Crippen LogP) is 5.00. The van der Waals surface area contributed by atoms with Crippen LogP contribution in [0.1, 0.15) is 5.56 Å². The predicted molar refractivity (Wildman–Crippen MR) is 95.1 cm³/mol. The van der Waals surface area contributed by atoms with Crippen molar-refractivity contribution in [1.29, 1.82) is 0 Å². The number of nitro groups is 1. The Balaban J connectivity index is 1.63. The topological polar surface area (TPSA) is 68.9 Å². The van der Waals surface area contributed by atoms with Gasteiger partial charge < -0.3 is 0 Å². The van der Waals surface area contributed by atoms with Gasteiger partial charge in [0.1, 0.15) is 5.03 Å². The lowest BCUT2D eigenvalue weighted by Crippen LogP contribution is -1.91. The van der Waals surface area contributed by atoms with Gasteiger partial charge in [-0.3, -0.25) is 10.1 Å². The van der Waals surface area contributed by atoms with Crippen molar-refractivity contribution in [2.45, 2.75) is 10.8 Å². The number of hydrogen-bond donors (Lipinski definition) is 0. The van der Waals surface area contributed by atoms with Gasteiger partial charge in [-0.25, -0.2) is 0 Å². The lowest BCUT2D eigenvalue weighted by Gasteiger charge is -2.03. The summed E-state index contributed by atoms with van der Waals surface area (Å²) < 4.78 is 0. The highest BCUT2D eigenvalue weighted by Crippen LogP contribution is 2.24. The fourth-order valence-electron chi connectivity index (χ4n) is 2.04. The van der Waals surface area contributed by atoms with E-state index in [1.54, 1.807) is 12.1 Å². The number of rotatable bonds is 5. The molecule has 2 aromatic carbocycles. The van der Waals surface area contributed by atoms with E-state index >= 15 is 0 Å². The summed E-state index contributed by atoms with van der Waals surface area (Å²) in [5.41, 5.74) is 2.83. The molecule has 0 aliphatic carbocycles. The maximum atomic E-state index is 10.6. The second-order valence-corrected chi connectivity index (χ2v) is 6.41. The largest absolute Gasteiger partial charge is 0.269 e. The lowest BCUT2D eigenvalue weighted by atomic mass is 10.1. The molecule has 5 nitrogen and oxygen atoms in total. The van der Waals surface area contributed by atoms with Crippen LogP contribution >= 0.6 is 23.4 Å². The monoisotopic (exact) mass is 357 g/mol. The first kappa shape index (κ1) is 16.4. The van der Waals surface area contributed by atoms with Crippen LogP contribution < -0.4 is 0 Å². The third-order valence-electron chi connectivity index (χ3n) is 3.31. The van der Waals surface area contributed by atoms with Crippen molar-refractivity contribution in [1.82, 2.24) is 10.2 Å². The summed E-state index contributed by atoms with van der Waals surface area (Å²) in [6, 6.07) is 17.8. The Morgan fingerprint density at radius 1 is 0.958 bits per heavy atom. The van der Waals surface area contributed by atoms with E-state index < -0.39 is 4.92 Å². The molecule has 0 fully saturated rings. The Morgan fingerprint density at radius 3 is 2.25 bits per heavy atom. The normalized spacial score (nSPS) is 10.5. The van der Waals surface area contributed by atoms with Crippen molar-refractivity contribution < 1.29 is 4.92 Å². The first-order valence-electron chi connectivity index (χ1n) is 7.07. The molecule has 120 valence electrons. The molecule has 24 heavy (non-hydrogen) atoms. The van der Waals surface area contributed by atoms with Crippen molar-refractivity contribution in [3.05, 3.63) is 81.4 Å². The average molecular weight is 358 g/mol. The molecule has 0 bridgehead atoms. The number of benzene rings is 2. The zero-order valence-corrected chi connectivity index (χ0v) is 14.0. The third kappa shape index (κ3) is 4.10. The zero-order valence-electron chi connectivity index (χ0n) is 12.4. The van der Waals surface area contributed by atoms with E-state index in [1.807, 2.05) is 36.4 Å². The van der Waals surface area contributed by atoms with Crippen LogP contribution in [-0.2, 0) is 5.75 Å². The van der Waals surface area contributed by atoms with Crippen molar-refractivity contribution in [2.75, 3.05) is 0 Å². The van der Waals surface area contributed by atoms with Gasteiger partial charge in [-0.15, -0.1) is 10.2 Å². The first-order valence-corrected chi connectivity index (χ1v) is 8.44. The molecule has 0 aliphatic rings. The summed E-state index contributed by atoms with van der Waals surface area (Å²) in [5.74, 6) is 0.674. The maximum Gasteiger partial charge on any atom is 0.269 e. The van der Waals surface area contributed by atoms with Gasteiger partial charge in [0.15, 0.2) is 0 Å². The maximum absolute atomic E-state index is 10.6. The number of thioether (sulfide) groups is 1. The molecular weight excluding hydrogens is 346 g/mol. The van der Waals surface area contributed by atoms with E-state index in [4.69, 9.17) is 11.6 Å². The van der Waals surface area contributed by atoms with Crippen LogP contribution in [0, 0.1) is 10.1 Å². The van der Waals surface area contributed by atoms with E-state index in [-0.39, 0.29) is 5.69 Å². The van der Waals surface area contributed by atoms with Crippen LogP contribution in [0.15, 0.2) is 65.7 Å². The first-order chi connectivity index (χ1) is 11.6. The summed E-state index contributed by atoms with van der Waals surface area (Å²) in [6.07, 6.45) is 0. The molecule has 0 saturated carbocycles. The van der Waals surface area contributed by atoms with E-state index in [0.717, 1.165) is 21.8 Å². The number of halogens is 1. The molecule has 0 radical (unpaired) electrons. The molecule has 1 aromatic heterocycles. The number of aromatic nitrogens is 2. The lowest BCUT2D eigenvalue weighted by molar-refractivity contribution is -0.384. The summed E-state index contributed by atoms with van der Waals surface area (Å²) in [5, 5.41) is 20.5. The van der Waals surface area contributed by atoms with E-state index in [9.17, 15) is 10.1 Å². The minimum Gasteiger partial charge on any atom is -0.258 e. The van der Waals surface area contributed by atoms with Crippen LogP contribution in [0.5, 0.6) is 0 Å². The summed E-state index contributed by atoms with van der Waals surface area (Å²) >= 11 is 7.40. The number of hydrogen-bond acceptors (Lipinski definition) is 5. The Kier molecular flexibility index (Phi) is 5.08. The fraction of sp³-hybridized carbons (Fsp3) is 0.0588. The Bertz CT molecular complexity index is 837. The molecular formula is C17H12ClN3O2S. The quantitative estimate of drug-likeness (QED) is 0.365. The van der Waals surface area contributed by atoms with Gasteiger partial charge in [0, 0.05) is 28.5 Å². The minimum absolute atomic E-state index is 0.0934. The molecule has 0 spiro atoms. The third-order valence-corrected chi connectivity index (χ3v) is 4.56. The highest BCUT2D eigenvalue weighted by molar-refractivity contribution is 7.98. The van der Waals surface area contributed by atoms with Gasteiger partial charge in [0.05, 0.1) is 10.6 Å². The summed E-state index contributed by atoms with van der Waals surface area (Å²) in [6.45, 7) is 0. The Hall–Kier alpha value is -2.44. The van der Waals surface area contributed by atoms with Gasteiger partial charge in [-0.2, -0.15) is 0 Å². The molecule has 0 aliphatic heterocycles. The van der Waals surface area contributed by atoms with Crippen molar-refractivity contribution in [2.24, 2.45) is 0 Å². The van der Waals surface area contributed by atoms with Gasteiger partial charge in [0.25, 0.3) is 5.69 Å². The van der Waals surface area contributed by atoms with Crippen molar-refractivity contribution >= 4 is 29.1 Å². The van der Waals surface area contributed by atoms with Crippen LogP contribution in [-0.4, -0.2) is 15.1 Å². The highest BCUT2D eigenvalue weighted by atomic mass is 35.5. The van der Waals surface area contributed by atoms with Crippen molar-refractivity contribution in [3.63, 3.8) is 0 Å². The number of nitrogens with zero attached hydrogens (tertiary/aromatic N) is 3. The molecule has 3 aromatic rings. The summed E-state index contributed by atoms with van der Waals surface area (Å²) in [4.78, 5) is 10.2. The van der Waals surface area contributed by atoms with Gasteiger partial charge in [-0.1, -0.05) is 47.6 Å². The second kappa shape index (κ2) is 7.42. The Labute approximate surface area is 147 Å². The van der Waals surface area contributed by atoms with Gasteiger partial charge >= 0.3 is 0 Å². The Morgan fingerprint density at radius 2 is 1.67 bits per heavy atom. The molecule has 7 heteroatoms. The molecule has 0 amide bonds. The molecule has 3 rings (SSSR count). The zero-order chi connectivity index (χ0) is 16.9. The minimum atomic E-state index is -0.405. The van der Waals surface area contributed by atoms with E-state index in [2.05, 4.69) is 10.2 Å². The molecule has 0 unspecified atom stereocenters. The van der Waals surface area contributed by atoms with Crippen molar-refractivity contribution in [3.8, 4) is 11.3 Å². The van der Waals surface area contributed by atoms with Crippen LogP contribution in [0.4, 0.5) is 5.69 Å². The van der Waals surface area contributed by atoms with Crippen LogP contribution in [0.25, 0.3) is 11.3 Å². The molecule has 0 N–H and O–H groups in total. The molecule has 1 heterocycles. The SMILES string of the molecule is O=[N+]([O-])c1ccc(CSc2ccc(-c3ccc(Cl)cc3)nn2)cc1. The van der Waals surface area contributed by atoms with Gasteiger partial charge in [-0.05, 0) is 29.8 Å².